The van der Waals surface area contributed by atoms with Crippen molar-refractivity contribution in [3.05, 3.63) is 70.5 Å². The predicted molar refractivity (Wildman–Crippen MR) is 94.7 cm³/mol. The maximum absolute atomic E-state index is 11.9. The van der Waals surface area contributed by atoms with E-state index in [1.807, 2.05) is 48.5 Å². The molecule has 0 aliphatic carbocycles. The van der Waals surface area contributed by atoms with Gasteiger partial charge in [0.05, 0.1) is 0 Å². The first-order chi connectivity index (χ1) is 11.3. The Balaban J connectivity index is 2.02. The Morgan fingerprint density at radius 3 is 2.42 bits per heavy atom. The van der Waals surface area contributed by atoms with Gasteiger partial charge >= 0.3 is 0 Å². The van der Waals surface area contributed by atoms with Crippen molar-refractivity contribution in [1.29, 1.82) is 0 Å². The van der Waals surface area contributed by atoms with Gasteiger partial charge in [0, 0.05) is 23.0 Å². The lowest BCUT2D eigenvalue weighted by molar-refractivity contribution is 0.568. The highest BCUT2D eigenvalue weighted by Crippen LogP contribution is 2.27. The number of para-hydroxylation sites is 1. The quantitative estimate of drug-likeness (QED) is 0.675. The van der Waals surface area contributed by atoms with E-state index in [1.165, 1.54) is 0 Å². The maximum Gasteiger partial charge on any atom is 0.274 e. The third-order valence-corrected chi connectivity index (χ3v) is 4.50. The minimum Gasteiger partial charge on any atom is -0.322 e. The molecule has 6 nitrogen and oxygen atoms in total. The maximum atomic E-state index is 11.9. The summed E-state index contributed by atoms with van der Waals surface area (Å²) in [5.41, 5.74) is 3.09. The molecule has 1 heterocycles. The van der Waals surface area contributed by atoms with Gasteiger partial charge in [0.2, 0.25) is 5.56 Å². The Kier molecular flexibility index (Phi) is 4.23. The second kappa shape index (κ2) is 6.20. The van der Waals surface area contributed by atoms with E-state index >= 15 is 0 Å². The van der Waals surface area contributed by atoms with Gasteiger partial charge in [-0.25, -0.2) is 5.14 Å². The molecule has 0 spiro atoms. The summed E-state index contributed by atoms with van der Waals surface area (Å²) in [5, 5.41) is 5.94. The van der Waals surface area contributed by atoms with Crippen molar-refractivity contribution in [3.8, 4) is 11.1 Å². The van der Waals surface area contributed by atoms with Crippen molar-refractivity contribution in [2.75, 3.05) is 0 Å². The molecule has 24 heavy (non-hydrogen) atoms. The molecule has 0 fully saturated rings. The first-order valence-electron chi connectivity index (χ1n) is 7.36. The topological polar surface area (TPSA) is 105 Å². The van der Waals surface area contributed by atoms with Gasteiger partial charge in [0.25, 0.3) is 10.2 Å². The predicted octanol–water partition coefficient (Wildman–Crippen LogP) is 2.05. The number of hydrogen-bond acceptors (Lipinski definition) is 3. The van der Waals surface area contributed by atoms with E-state index in [9.17, 15) is 13.2 Å². The third-order valence-electron chi connectivity index (χ3n) is 3.81. The van der Waals surface area contributed by atoms with Crippen LogP contribution in [0.25, 0.3) is 22.0 Å². The van der Waals surface area contributed by atoms with Crippen LogP contribution in [-0.2, 0) is 10.2 Å². The summed E-state index contributed by atoms with van der Waals surface area (Å²) in [7, 11) is -3.76. The lowest BCUT2D eigenvalue weighted by Gasteiger charge is -2.13. The highest BCUT2D eigenvalue weighted by Gasteiger charge is 2.12. The van der Waals surface area contributed by atoms with Crippen LogP contribution in [0.5, 0.6) is 0 Å². The van der Waals surface area contributed by atoms with Crippen LogP contribution in [0.15, 0.2) is 59.4 Å². The van der Waals surface area contributed by atoms with Crippen molar-refractivity contribution in [3.63, 3.8) is 0 Å². The molecule has 0 aliphatic rings. The second-order valence-electron chi connectivity index (χ2n) is 5.60. The van der Waals surface area contributed by atoms with Crippen molar-refractivity contribution >= 4 is 21.1 Å². The second-order valence-corrected chi connectivity index (χ2v) is 6.93. The normalized spacial score (nSPS) is 13.1. The number of benzene rings is 2. The molecule has 0 radical (unpaired) electrons. The van der Waals surface area contributed by atoms with Crippen molar-refractivity contribution in [1.82, 2.24) is 9.71 Å². The molecule has 3 aromatic rings. The van der Waals surface area contributed by atoms with Gasteiger partial charge in [0.15, 0.2) is 0 Å². The highest BCUT2D eigenvalue weighted by molar-refractivity contribution is 7.87. The molecule has 0 saturated carbocycles. The molecular formula is C17H17N3O3S. The van der Waals surface area contributed by atoms with E-state index in [-0.39, 0.29) is 5.56 Å². The molecule has 1 atom stereocenters. The van der Waals surface area contributed by atoms with E-state index < -0.39 is 16.3 Å². The summed E-state index contributed by atoms with van der Waals surface area (Å²) < 4.78 is 24.6. The monoisotopic (exact) mass is 343 g/mol. The Morgan fingerprint density at radius 2 is 1.75 bits per heavy atom. The average molecular weight is 343 g/mol. The molecule has 0 aliphatic heterocycles. The van der Waals surface area contributed by atoms with Crippen LogP contribution in [-0.4, -0.2) is 13.4 Å². The fraction of sp³-hybridized carbons (Fsp3) is 0.118. The average Bonchev–Trinajstić information content (AvgIpc) is 2.52. The van der Waals surface area contributed by atoms with E-state index in [0.717, 1.165) is 27.6 Å². The van der Waals surface area contributed by atoms with Gasteiger partial charge in [-0.2, -0.15) is 13.1 Å². The number of H-pyrrole nitrogens is 1. The number of aromatic nitrogens is 1. The first-order valence-corrected chi connectivity index (χ1v) is 8.90. The van der Waals surface area contributed by atoms with Crippen LogP contribution in [0.3, 0.4) is 0 Å². The number of nitrogens with two attached hydrogens (primary N) is 1. The van der Waals surface area contributed by atoms with Gasteiger partial charge < -0.3 is 4.98 Å². The zero-order valence-electron chi connectivity index (χ0n) is 13.0. The van der Waals surface area contributed by atoms with Crippen LogP contribution in [0.1, 0.15) is 18.5 Å². The summed E-state index contributed by atoms with van der Waals surface area (Å²) in [5.74, 6) is 0. The third kappa shape index (κ3) is 3.53. The molecule has 1 aromatic heterocycles. The van der Waals surface area contributed by atoms with Crippen molar-refractivity contribution in [2.45, 2.75) is 13.0 Å². The molecule has 3 rings (SSSR count). The number of pyridine rings is 1. The molecule has 0 bridgehead atoms. The van der Waals surface area contributed by atoms with Gasteiger partial charge in [-0.1, -0.05) is 42.5 Å². The van der Waals surface area contributed by atoms with Crippen LogP contribution >= 0.6 is 0 Å². The van der Waals surface area contributed by atoms with Gasteiger partial charge in [0.1, 0.15) is 0 Å². The summed E-state index contributed by atoms with van der Waals surface area (Å²) in [6.07, 6.45) is 0. The Bertz CT molecular complexity index is 1040. The molecule has 0 saturated heterocycles. The minimum absolute atomic E-state index is 0.169. The fourth-order valence-electron chi connectivity index (χ4n) is 2.71. The summed E-state index contributed by atoms with van der Waals surface area (Å²) in [6, 6.07) is 16.0. The summed E-state index contributed by atoms with van der Waals surface area (Å²) in [6.45, 7) is 1.71. The van der Waals surface area contributed by atoms with E-state index in [2.05, 4.69) is 9.71 Å². The van der Waals surface area contributed by atoms with Crippen LogP contribution in [0, 0.1) is 0 Å². The number of rotatable bonds is 4. The largest absolute Gasteiger partial charge is 0.322 e. The lowest BCUT2D eigenvalue weighted by atomic mass is 9.99. The van der Waals surface area contributed by atoms with E-state index in [4.69, 9.17) is 5.14 Å². The van der Waals surface area contributed by atoms with Gasteiger partial charge in [-0.15, -0.1) is 0 Å². The fourth-order valence-corrected chi connectivity index (χ4v) is 3.34. The molecule has 2 aromatic carbocycles. The number of aromatic amines is 1. The molecule has 124 valence electrons. The highest BCUT2D eigenvalue weighted by atomic mass is 32.2. The number of hydrogen-bond donors (Lipinski definition) is 3. The van der Waals surface area contributed by atoms with Gasteiger partial charge in [-0.05, 0) is 29.7 Å². The summed E-state index contributed by atoms with van der Waals surface area (Å²) in [4.78, 5) is 14.7. The van der Waals surface area contributed by atoms with Crippen LogP contribution < -0.4 is 15.4 Å². The molecule has 4 N–H and O–H groups in total. The Morgan fingerprint density at radius 1 is 1.08 bits per heavy atom. The van der Waals surface area contributed by atoms with Crippen molar-refractivity contribution in [2.24, 2.45) is 5.14 Å². The Hall–Kier alpha value is -2.48. The number of nitrogens with one attached hydrogen (secondary N) is 2. The first kappa shape index (κ1) is 16.4. The van der Waals surface area contributed by atoms with Crippen molar-refractivity contribution < 1.29 is 8.42 Å². The van der Waals surface area contributed by atoms with Gasteiger partial charge in [-0.3, -0.25) is 4.79 Å². The lowest BCUT2D eigenvalue weighted by Crippen LogP contribution is -2.32. The molecular weight excluding hydrogens is 326 g/mol. The van der Waals surface area contributed by atoms with E-state index in [1.54, 1.807) is 13.0 Å². The molecule has 0 unspecified atom stereocenters. The zero-order valence-corrected chi connectivity index (χ0v) is 13.8. The SMILES string of the molecule is C[C@@H](NS(N)(=O)=O)c1ccc(-c2cc(=O)[nH]c3ccccc23)cc1. The minimum atomic E-state index is -3.76. The van der Waals surface area contributed by atoms with Crippen LogP contribution in [0.4, 0.5) is 0 Å². The van der Waals surface area contributed by atoms with Crippen LogP contribution in [0.2, 0.25) is 0 Å². The Labute approximate surface area is 139 Å². The molecule has 7 heteroatoms. The smallest absolute Gasteiger partial charge is 0.274 e. The summed E-state index contributed by atoms with van der Waals surface area (Å²) >= 11 is 0. The zero-order chi connectivity index (χ0) is 17.3. The number of fused-ring (bicyclic) bond motifs is 1. The standard InChI is InChI=1S/C17H17N3O3S/c1-11(20-24(18,22)23)12-6-8-13(9-7-12)15-10-17(21)19-16-5-3-2-4-14(15)16/h2-11,20H,1H3,(H,19,21)(H2,18,22,23)/t11-/m1/s1. The molecule has 0 amide bonds. The van der Waals surface area contributed by atoms with E-state index in [0.29, 0.717) is 0 Å².